The number of fused-ring (bicyclic) bond motifs is 1. The molecule has 0 radical (unpaired) electrons. The van der Waals surface area contributed by atoms with Crippen LogP contribution in [0.5, 0.6) is 0 Å². The Kier molecular flexibility index (Phi) is 4.51. The van der Waals surface area contributed by atoms with Crippen LogP contribution in [-0.2, 0) is 17.8 Å². The highest BCUT2D eigenvalue weighted by molar-refractivity contribution is 5.81. The lowest BCUT2D eigenvalue weighted by molar-refractivity contribution is -0.131. The van der Waals surface area contributed by atoms with Crippen molar-refractivity contribution in [3.8, 4) is 22.5 Å². The van der Waals surface area contributed by atoms with E-state index in [0.29, 0.717) is 17.7 Å². The third-order valence-corrected chi connectivity index (χ3v) is 6.89. The number of hydrogen-bond acceptors (Lipinski definition) is 4. The molecule has 6 heteroatoms. The maximum atomic E-state index is 12.3. The zero-order chi connectivity index (χ0) is 20.8. The van der Waals surface area contributed by atoms with Crippen molar-refractivity contribution in [2.45, 2.75) is 32.2 Å². The van der Waals surface area contributed by atoms with Gasteiger partial charge in [-0.2, -0.15) is 0 Å². The van der Waals surface area contributed by atoms with Gasteiger partial charge in [-0.3, -0.25) is 4.79 Å². The zero-order valence-electron chi connectivity index (χ0n) is 17.6. The predicted molar refractivity (Wildman–Crippen MR) is 120 cm³/mol. The summed E-state index contributed by atoms with van der Waals surface area (Å²) in [6.45, 7) is 3.64. The fourth-order valence-electron chi connectivity index (χ4n) is 4.96. The minimum Gasteiger partial charge on any atom is -0.384 e. The van der Waals surface area contributed by atoms with Crippen LogP contribution in [0, 0.1) is 11.8 Å². The van der Waals surface area contributed by atoms with Gasteiger partial charge in [0.1, 0.15) is 6.33 Å². The lowest BCUT2D eigenvalue weighted by Gasteiger charge is -2.17. The molecule has 1 aromatic heterocycles. The third-order valence-electron chi connectivity index (χ3n) is 6.89. The molecule has 158 valence electrons. The molecular formula is C25H27N5O. The molecule has 2 aliphatic heterocycles. The van der Waals surface area contributed by atoms with Gasteiger partial charge in [0.15, 0.2) is 5.82 Å². The van der Waals surface area contributed by atoms with E-state index >= 15 is 0 Å². The number of likely N-dealkylation sites (tertiary alicyclic amines) is 1. The van der Waals surface area contributed by atoms with Crippen molar-refractivity contribution in [3.63, 3.8) is 0 Å². The second-order valence-electron chi connectivity index (χ2n) is 9.15. The molecule has 3 aromatic rings. The molecular weight excluding hydrogens is 386 g/mol. The number of carbonyl (C=O) groups is 1. The van der Waals surface area contributed by atoms with Crippen LogP contribution < -0.4 is 5.32 Å². The third kappa shape index (κ3) is 3.60. The molecule has 2 fully saturated rings. The standard InChI is InChI=1S/C25H27N5O/c31-25(20-5-6-20)29-12-10-17(14-29)15-30-16-27-28-24(30)19-3-1-18(2-4-19)21-7-8-23-22(13-21)9-11-26-23/h1-4,7-8,13,16-17,20,26H,5-6,9-12,14-15H2/t17-/m0/s1. The summed E-state index contributed by atoms with van der Waals surface area (Å²) in [6, 6.07) is 15.3. The van der Waals surface area contributed by atoms with Gasteiger partial charge in [-0.1, -0.05) is 30.3 Å². The number of hydrogen-bond donors (Lipinski definition) is 1. The van der Waals surface area contributed by atoms with Crippen LogP contribution in [0.2, 0.25) is 0 Å². The van der Waals surface area contributed by atoms with Gasteiger partial charge in [-0.25, -0.2) is 0 Å². The molecule has 6 rings (SSSR count). The molecule has 2 aromatic carbocycles. The highest BCUT2D eigenvalue weighted by Gasteiger charge is 2.36. The van der Waals surface area contributed by atoms with Crippen molar-refractivity contribution >= 4 is 11.6 Å². The summed E-state index contributed by atoms with van der Waals surface area (Å²) in [6.07, 6.45) is 6.13. The number of aromatic nitrogens is 3. The fraction of sp³-hybridized carbons (Fsp3) is 0.400. The SMILES string of the molecule is O=C(C1CC1)N1CC[C@H](Cn2cnnc2-c2ccc(-c3ccc4c(c3)CCN4)cc2)C1. The zero-order valence-corrected chi connectivity index (χ0v) is 17.6. The van der Waals surface area contributed by atoms with E-state index in [9.17, 15) is 4.79 Å². The lowest BCUT2D eigenvalue weighted by Crippen LogP contribution is -2.30. The second-order valence-corrected chi connectivity index (χ2v) is 9.15. The summed E-state index contributed by atoms with van der Waals surface area (Å²) in [5, 5.41) is 12.0. The number of amides is 1. The van der Waals surface area contributed by atoms with Crippen LogP contribution in [0.3, 0.4) is 0 Å². The van der Waals surface area contributed by atoms with E-state index in [0.717, 1.165) is 63.3 Å². The number of anilines is 1. The van der Waals surface area contributed by atoms with E-state index in [1.165, 1.54) is 22.4 Å². The molecule has 0 spiro atoms. The quantitative estimate of drug-likeness (QED) is 0.690. The van der Waals surface area contributed by atoms with Crippen LogP contribution >= 0.6 is 0 Å². The molecule has 1 saturated carbocycles. The normalized spacial score (nSPS) is 20.0. The summed E-state index contributed by atoms with van der Waals surface area (Å²) in [5.41, 5.74) is 6.20. The Morgan fingerprint density at radius 1 is 1.03 bits per heavy atom. The summed E-state index contributed by atoms with van der Waals surface area (Å²) in [5.74, 6) is 2.04. The minimum absolute atomic E-state index is 0.310. The largest absolute Gasteiger partial charge is 0.384 e. The van der Waals surface area contributed by atoms with Gasteiger partial charge in [0, 0.05) is 43.3 Å². The van der Waals surface area contributed by atoms with Crippen LogP contribution in [0.4, 0.5) is 5.69 Å². The first kappa shape index (κ1) is 18.6. The smallest absolute Gasteiger partial charge is 0.225 e. The van der Waals surface area contributed by atoms with Crippen molar-refractivity contribution < 1.29 is 4.79 Å². The van der Waals surface area contributed by atoms with Crippen LogP contribution in [-0.4, -0.2) is 45.2 Å². The number of nitrogens with one attached hydrogen (secondary N) is 1. The topological polar surface area (TPSA) is 63.1 Å². The van der Waals surface area contributed by atoms with E-state index in [-0.39, 0.29) is 0 Å². The average Bonchev–Trinajstić information content (AvgIpc) is 3.17. The summed E-state index contributed by atoms with van der Waals surface area (Å²) >= 11 is 0. The monoisotopic (exact) mass is 413 g/mol. The van der Waals surface area contributed by atoms with Crippen molar-refractivity contribution in [1.29, 1.82) is 0 Å². The van der Waals surface area contributed by atoms with Gasteiger partial charge < -0.3 is 14.8 Å². The number of rotatable bonds is 5. The Balaban J connectivity index is 1.17. The van der Waals surface area contributed by atoms with E-state index in [4.69, 9.17) is 0 Å². The highest BCUT2D eigenvalue weighted by atomic mass is 16.2. The van der Waals surface area contributed by atoms with E-state index in [2.05, 4.69) is 67.4 Å². The van der Waals surface area contributed by atoms with Gasteiger partial charge in [-0.15, -0.1) is 10.2 Å². The highest BCUT2D eigenvalue weighted by Crippen LogP contribution is 2.34. The lowest BCUT2D eigenvalue weighted by atomic mass is 10.0. The Hall–Kier alpha value is -3.15. The molecule has 3 heterocycles. The number of nitrogens with zero attached hydrogens (tertiary/aromatic N) is 4. The molecule has 0 bridgehead atoms. The van der Waals surface area contributed by atoms with Crippen molar-refractivity contribution in [2.75, 3.05) is 25.0 Å². The number of benzene rings is 2. The van der Waals surface area contributed by atoms with Gasteiger partial charge in [0.25, 0.3) is 0 Å². The van der Waals surface area contributed by atoms with Gasteiger partial charge in [0.05, 0.1) is 0 Å². The molecule has 6 nitrogen and oxygen atoms in total. The van der Waals surface area contributed by atoms with Crippen molar-refractivity contribution in [1.82, 2.24) is 19.7 Å². The summed E-state index contributed by atoms with van der Waals surface area (Å²) in [7, 11) is 0. The molecule has 1 amide bonds. The maximum Gasteiger partial charge on any atom is 0.225 e. The molecule has 1 N–H and O–H groups in total. The van der Waals surface area contributed by atoms with Gasteiger partial charge in [0.2, 0.25) is 5.91 Å². The van der Waals surface area contributed by atoms with Gasteiger partial charge >= 0.3 is 0 Å². The Labute approximate surface area is 182 Å². The first-order valence-electron chi connectivity index (χ1n) is 11.4. The van der Waals surface area contributed by atoms with Crippen LogP contribution in [0.1, 0.15) is 24.8 Å². The van der Waals surface area contributed by atoms with Crippen LogP contribution in [0.25, 0.3) is 22.5 Å². The summed E-state index contributed by atoms with van der Waals surface area (Å²) in [4.78, 5) is 14.4. The molecule has 1 saturated heterocycles. The van der Waals surface area contributed by atoms with E-state index in [1.54, 1.807) is 0 Å². The average molecular weight is 414 g/mol. The minimum atomic E-state index is 0.310. The van der Waals surface area contributed by atoms with E-state index < -0.39 is 0 Å². The first-order valence-corrected chi connectivity index (χ1v) is 11.4. The Morgan fingerprint density at radius 2 is 1.84 bits per heavy atom. The van der Waals surface area contributed by atoms with E-state index in [1.807, 2.05) is 6.33 Å². The first-order chi connectivity index (χ1) is 15.2. The Morgan fingerprint density at radius 3 is 2.68 bits per heavy atom. The Bertz CT molecular complexity index is 1120. The summed E-state index contributed by atoms with van der Waals surface area (Å²) < 4.78 is 2.14. The molecule has 1 aliphatic carbocycles. The predicted octanol–water partition coefficient (Wildman–Crippen LogP) is 3.84. The van der Waals surface area contributed by atoms with Crippen molar-refractivity contribution in [3.05, 3.63) is 54.4 Å². The number of carbonyl (C=O) groups excluding carboxylic acids is 1. The second kappa shape index (κ2) is 7.52. The molecule has 31 heavy (non-hydrogen) atoms. The van der Waals surface area contributed by atoms with Gasteiger partial charge in [-0.05, 0) is 60.4 Å². The molecule has 1 atom stereocenters. The van der Waals surface area contributed by atoms with Crippen molar-refractivity contribution in [2.24, 2.45) is 11.8 Å². The molecule has 0 unspecified atom stereocenters. The maximum absolute atomic E-state index is 12.3. The van der Waals surface area contributed by atoms with Crippen LogP contribution in [0.15, 0.2) is 48.8 Å². The molecule has 3 aliphatic rings. The fourth-order valence-corrected chi connectivity index (χ4v) is 4.96.